The summed E-state index contributed by atoms with van der Waals surface area (Å²) in [7, 11) is 1.49. The maximum absolute atomic E-state index is 14.0. The molecule has 3 heterocycles. The van der Waals surface area contributed by atoms with E-state index in [-0.39, 0.29) is 52.6 Å². The number of halogens is 1. The highest BCUT2D eigenvalue weighted by Gasteiger charge is 2.52. The lowest BCUT2D eigenvalue weighted by molar-refractivity contribution is -0.122. The SMILES string of the molecule is CNC(=O)c1cc(Cl)ncc1NC(=O)C1(c2ccccc2C(C)C)CN(c2cc(N)c(C(=O)O)cn2)C1. The van der Waals surface area contributed by atoms with Crippen LogP contribution in [0.2, 0.25) is 5.15 Å². The third-order valence-corrected chi connectivity index (χ3v) is 6.73. The number of nitrogens with one attached hydrogen (secondary N) is 2. The topological polar surface area (TPSA) is 151 Å². The number of carbonyl (C=O) groups is 3. The highest BCUT2D eigenvalue weighted by atomic mass is 35.5. The van der Waals surface area contributed by atoms with Gasteiger partial charge in [0.1, 0.15) is 21.9 Å². The number of nitrogens with zero attached hydrogens (tertiary/aromatic N) is 3. The molecule has 0 aliphatic carbocycles. The number of anilines is 3. The second kappa shape index (κ2) is 10.1. The molecule has 0 unspecified atom stereocenters. The van der Waals surface area contributed by atoms with E-state index >= 15 is 0 Å². The van der Waals surface area contributed by atoms with Gasteiger partial charge in [0.05, 0.1) is 23.1 Å². The van der Waals surface area contributed by atoms with Crippen molar-refractivity contribution in [1.82, 2.24) is 15.3 Å². The van der Waals surface area contributed by atoms with Gasteiger partial charge in [0, 0.05) is 32.4 Å². The molecule has 2 aromatic heterocycles. The third kappa shape index (κ3) is 4.79. The first-order chi connectivity index (χ1) is 17.6. The number of carboxylic acids is 1. The maximum atomic E-state index is 14.0. The summed E-state index contributed by atoms with van der Waals surface area (Å²) in [6, 6.07) is 10.6. The minimum atomic E-state index is -1.16. The van der Waals surface area contributed by atoms with Gasteiger partial charge in [-0.25, -0.2) is 14.8 Å². The standard InChI is InChI=1S/C26H27ClN6O4/c1-14(2)15-6-4-5-7-18(15)26(12-33(13-26)22-9-19(28)17(10-31-22)24(35)36)25(37)32-20-11-30-21(27)8-16(20)23(34)29-3/h4-11,14H,12-13H2,1-3H3,(H2,28,31)(H,29,34)(H,32,37)(H,35,36). The Bertz CT molecular complexity index is 1390. The van der Waals surface area contributed by atoms with Crippen LogP contribution in [0.3, 0.4) is 0 Å². The lowest BCUT2D eigenvalue weighted by Crippen LogP contribution is -2.65. The summed E-state index contributed by atoms with van der Waals surface area (Å²) in [5.41, 5.74) is 7.26. The minimum absolute atomic E-state index is 0.0875. The molecule has 0 saturated carbocycles. The zero-order valence-electron chi connectivity index (χ0n) is 20.6. The van der Waals surface area contributed by atoms with E-state index < -0.39 is 17.3 Å². The first kappa shape index (κ1) is 25.9. The Morgan fingerprint density at radius 2 is 1.81 bits per heavy atom. The molecule has 2 amide bonds. The highest BCUT2D eigenvalue weighted by molar-refractivity contribution is 6.30. The fourth-order valence-corrected chi connectivity index (χ4v) is 4.70. The van der Waals surface area contributed by atoms with Crippen molar-refractivity contribution in [2.24, 2.45) is 0 Å². The number of hydrogen-bond acceptors (Lipinski definition) is 7. The first-order valence-corrected chi connectivity index (χ1v) is 12.0. The molecule has 1 saturated heterocycles. The summed E-state index contributed by atoms with van der Waals surface area (Å²) in [6.45, 7) is 4.64. The van der Waals surface area contributed by atoms with Crippen molar-refractivity contribution in [3.8, 4) is 0 Å². The lowest BCUT2D eigenvalue weighted by Gasteiger charge is -2.50. The van der Waals surface area contributed by atoms with E-state index in [9.17, 15) is 19.5 Å². The van der Waals surface area contributed by atoms with Gasteiger partial charge >= 0.3 is 5.97 Å². The average molecular weight is 523 g/mol. The Morgan fingerprint density at radius 3 is 2.43 bits per heavy atom. The van der Waals surface area contributed by atoms with Gasteiger partial charge in [0.2, 0.25) is 5.91 Å². The minimum Gasteiger partial charge on any atom is -0.478 e. The lowest BCUT2D eigenvalue weighted by atomic mass is 9.69. The fourth-order valence-electron chi connectivity index (χ4n) is 4.54. The van der Waals surface area contributed by atoms with Gasteiger partial charge in [-0.3, -0.25) is 9.59 Å². The van der Waals surface area contributed by atoms with Gasteiger partial charge in [-0.1, -0.05) is 49.7 Å². The van der Waals surface area contributed by atoms with E-state index in [0.717, 1.165) is 11.1 Å². The number of carboxylic acid groups (broad SMARTS) is 1. The van der Waals surface area contributed by atoms with Crippen molar-refractivity contribution in [1.29, 1.82) is 0 Å². The van der Waals surface area contributed by atoms with Crippen LogP contribution in [0.4, 0.5) is 17.2 Å². The van der Waals surface area contributed by atoms with Crippen molar-refractivity contribution >= 4 is 46.6 Å². The number of nitrogens with two attached hydrogens (primary N) is 1. The zero-order valence-corrected chi connectivity index (χ0v) is 21.3. The summed E-state index contributed by atoms with van der Waals surface area (Å²) >= 11 is 6.00. The number of carbonyl (C=O) groups excluding carboxylic acids is 2. The van der Waals surface area contributed by atoms with Gasteiger partial charge in [0.25, 0.3) is 5.91 Å². The Kier molecular flexibility index (Phi) is 7.04. The third-order valence-electron chi connectivity index (χ3n) is 6.52. The van der Waals surface area contributed by atoms with Crippen molar-refractivity contribution in [2.45, 2.75) is 25.2 Å². The van der Waals surface area contributed by atoms with E-state index in [1.165, 1.54) is 31.6 Å². The van der Waals surface area contributed by atoms with Crippen molar-refractivity contribution in [3.63, 3.8) is 0 Å². The number of rotatable bonds is 7. The predicted molar refractivity (Wildman–Crippen MR) is 141 cm³/mol. The van der Waals surface area contributed by atoms with Crippen LogP contribution in [0.15, 0.2) is 48.8 Å². The van der Waals surface area contributed by atoms with Crippen molar-refractivity contribution < 1.29 is 19.5 Å². The van der Waals surface area contributed by atoms with E-state index in [1.54, 1.807) is 0 Å². The van der Waals surface area contributed by atoms with Crippen LogP contribution < -0.4 is 21.3 Å². The average Bonchev–Trinajstić information content (AvgIpc) is 2.84. The van der Waals surface area contributed by atoms with Gasteiger partial charge in [0.15, 0.2) is 0 Å². The monoisotopic (exact) mass is 522 g/mol. The molecule has 4 rings (SSSR count). The van der Waals surface area contributed by atoms with Crippen LogP contribution in [0.1, 0.15) is 51.6 Å². The molecule has 1 aliphatic heterocycles. The fraction of sp³-hybridized carbons (Fsp3) is 0.269. The van der Waals surface area contributed by atoms with Crippen LogP contribution in [0, 0.1) is 0 Å². The van der Waals surface area contributed by atoms with Crippen LogP contribution in [-0.2, 0) is 10.2 Å². The zero-order chi connectivity index (χ0) is 26.9. The molecular formula is C26H27ClN6O4. The van der Waals surface area contributed by atoms with Crippen LogP contribution in [0.5, 0.6) is 0 Å². The van der Waals surface area contributed by atoms with Crippen LogP contribution in [-0.4, -0.2) is 53.0 Å². The molecule has 0 radical (unpaired) electrons. The molecule has 0 spiro atoms. The number of hydrogen-bond donors (Lipinski definition) is 4. The van der Waals surface area contributed by atoms with Gasteiger partial charge in [-0.2, -0.15) is 0 Å². The van der Waals surface area contributed by atoms with E-state index in [1.807, 2.05) is 29.2 Å². The Labute approximate surface area is 218 Å². The quantitative estimate of drug-likeness (QED) is 0.345. The summed E-state index contributed by atoms with van der Waals surface area (Å²) in [5.74, 6) is -1.28. The van der Waals surface area contributed by atoms with E-state index in [4.69, 9.17) is 17.3 Å². The molecule has 3 aromatic rings. The Hall–Kier alpha value is -4.18. The molecule has 192 valence electrons. The van der Waals surface area contributed by atoms with Crippen molar-refractivity contribution in [3.05, 3.63) is 76.2 Å². The molecule has 0 atom stereocenters. The summed E-state index contributed by atoms with van der Waals surface area (Å²) in [4.78, 5) is 47.9. The molecule has 5 N–H and O–H groups in total. The van der Waals surface area contributed by atoms with Crippen LogP contribution >= 0.6 is 11.6 Å². The number of pyridine rings is 2. The predicted octanol–water partition coefficient (Wildman–Crippen LogP) is 3.29. The molecule has 11 heteroatoms. The molecule has 37 heavy (non-hydrogen) atoms. The Morgan fingerprint density at radius 1 is 1.11 bits per heavy atom. The molecule has 1 fully saturated rings. The largest absolute Gasteiger partial charge is 0.478 e. The normalized spacial score (nSPS) is 14.1. The summed E-state index contributed by atoms with van der Waals surface area (Å²) < 4.78 is 0. The Balaban J connectivity index is 1.73. The summed E-state index contributed by atoms with van der Waals surface area (Å²) in [5, 5.41) is 14.8. The molecule has 10 nitrogen and oxygen atoms in total. The first-order valence-electron chi connectivity index (χ1n) is 11.6. The summed E-state index contributed by atoms with van der Waals surface area (Å²) in [6.07, 6.45) is 2.57. The molecule has 1 aliphatic rings. The van der Waals surface area contributed by atoms with Crippen molar-refractivity contribution in [2.75, 3.05) is 36.1 Å². The second-order valence-corrected chi connectivity index (χ2v) is 9.59. The second-order valence-electron chi connectivity index (χ2n) is 9.20. The van der Waals surface area contributed by atoms with Crippen LogP contribution in [0.25, 0.3) is 0 Å². The number of amides is 2. The van der Waals surface area contributed by atoms with E-state index in [2.05, 4.69) is 34.4 Å². The molecule has 1 aromatic carbocycles. The molecular weight excluding hydrogens is 496 g/mol. The number of aromatic carboxylic acids is 1. The number of nitrogen functional groups attached to an aromatic ring is 1. The highest BCUT2D eigenvalue weighted by Crippen LogP contribution is 2.42. The number of aromatic nitrogens is 2. The van der Waals surface area contributed by atoms with Gasteiger partial charge < -0.3 is 26.4 Å². The number of benzene rings is 1. The van der Waals surface area contributed by atoms with E-state index in [0.29, 0.717) is 5.82 Å². The maximum Gasteiger partial charge on any atom is 0.339 e. The van der Waals surface area contributed by atoms with Gasteiger partial charge in [-0.15, -0.1) is 0 Å². The van der Waals surface area contributed by atoms with Gasteiger partial charge in [-0.05, 0) is 23.1 Å². The smallest absolute Gasteiger partial charge is 0.339 e. The molecule has 0 bridgehead atoms.